The lowest BCUT2D eigenvalue weighted by atomic mass is 10.00. The van der Waals surface area contributed by atoms with E-state index in [0.29, 0.717) is 21.5 Å². The number of nitrogens with zero attached hydrogens (tertiary/aromatic N) is 1. The average molecular weight is 468 g/mol. The number of aromatic nitrogens is 2. The van der Waals surface area contributed by atoms with Crippen LogP contribution in [0.25, 0.3) is 43.6 Å². The maximum Gasteiger partial charge on any atom is 0.199 e. The van der Waals surface area contributed by atoms with Crippen molar-refractivity contribution in [2.24, 2.45) is 0 Å². The molecule has 5 nitrogen and oxygen atoms in total. The Bertz CT molecular complexity index is 1650. The highest BCUT2D eigenvalue weighted by Crippen LogP contribution is 2.34. The molecule has 0 amide bonds. The zero-order valence-electron chi connectivity index (χ0n) is 20.8. The molecule has 0 aliphatic carbocycles. The van der Waals surface area contributed by atoms with E-state index >= 15 is 0 Å². The minimum Gasteiger partial charge on any atom is -0.369 e. The van der Waals surface area contributed by atoms with Crippen molar-refractivity contribution in [2.75, 3.05) is 18.0 Å². The summed E-state index contributed by atoms with van der Waals surface area (Å²) < 4.78 is 0. The molecule has 0 radical (unpaired) electrons. The molecule has 0 unspecified atom stereocenters. The summed E-state index contributed by atoms with van der Waals surface area (Å²) in [6, 6.07) is 15.4. The summed E-state index contributed by atoms with van der Waals surface area (Å²) in [7, 11) is 0. The fourth-order valence-electron chi connectivity index (χ4n) is 5.22. The van der Waals surface area contributed by atoms with Crippen molar-refractivity contribution in [1.29, 1.82) is 0 Å². The molecule has 0 spiro atoms. The van der Waals surface area contributed by atoms with Gasteiger partial charge >= 0.3 is 0 Å². The number of hydrogen-bond acceptors (Lipinski definition) is 3. The van der Waals surface area contributed by atoms with Crippen LogP contribution < -0.4 is 15.8 Å². The molecule has 3 aromatic carbocycles. The third-order valence-electron chi connectivity index (χ3n) is 7.12. The molecule has 0 saturated carbocycles. The summed E-state index contributed by atoms with van der Waals surface area (Å²) >= 11 is 0. The van der Waals surface area contributed by atoms with E-state index in [9.17, 15) is 9.59 Å². The predicted molar refractivity (Wildman–Crippen MR) is 149 cm³/mol. The van der Waals surface area contributed by atoms with Crippen LogP contribution in [0.4, 0.5) is 5.69 Å². The van der Waals surface area contributed by atoms with Gasteiger partial charge in [0.15, 0.2) is 10.9 Å². The van der Waals surface area contributed by atoms with Crippen molar-refractivity contribution in [2.45, 2.75) is 52.9 Å². The molecule has 2 aromatic heterocycles. The number of unbranched alkanes of at least 4 members (excludes halogenated alkanes) is 2. The summed E-state index contributed by atoms with van der Waals surface area (Å²) in [4.78, 5) is 37.2. The fraction of sp³-hybridized carbons (Fsp3) is 0.333. The Morgan fingerprint density at radius 1 is 0.714 bits per heavy atom. The first-order valence-corrected chi connectivity index (χ1v) is 12.9. The number of pyridine rings is 2. The van der Waals surface area contributed by atoms with Gasteiger partial charge in [0, 0.05) is 29.4 Å². The van der Waals surface area contributed by atoms with Gasteiger partial charge in [0.2, 0.25) is 0 Å². The Hall–Kier alpha value is -3.60. The van der Waals surface area contributed by atoms with Gasteiger partial charge in [0.05, 0.1) is 33.0 Å². The maximum atomic E-state index is 14.1. The van der Waals surface area contributed by atoms with Crippen LogP contribution in [-0.2, 0) is 6.42 Å². The van der Waals surface area contributed by atoms with Crippen LogP contribution in [0.1, 0.15) is 52.0 Å². The second-order valence-corrected chi connectivity index (χ2v) is 9.41. The van der Waals surface area contributed by atoms with E-state index in [2.05, 4.69) is 41.7 Å². The second kappa shape index (κ2) is 9.57. The third kappa shape index (κ3) is 3.89. The Morgan fingerprint density at radius 3 is 2.11 bits per heavy atom. The fourth-order valence-corrected chi connectivity index (χ4v) is 5.22. The molecule has 0 atom stereocenters. The van der Waals surface area contributed by atoms with E-state index in [4.69, 9.17) is 0 Å². The zero-order chi connectivity index (χ0) is 24.5. The number of nitrogens with one attached hydrogen (secondary N) is 2. The quantitative estimate of drug-likeness (QED) is 0.251. The summed E-state index contributed by atoms with van der Waals surface area (Å²) in [6.07, 6.45) is 4.98. The number of H-pyrrole nitrogens is 2. The number of aromatic amines is 2. The number of benzene rings is 3. The molecule has 0 aliphatic heterocycles. The van der Waals surface area contributed by atoms with Crippen LogP contribution in [0.5, 0.6) is 0 Å². The van der Waals surface area contributed by atoms with E-state index in [1.165, 1.54) is 0 Å². The van der Waals surface area contributed by atoms with Gasteiger partial charge in [-0.05, 0) is 49.1 Å². The molecular weight excluding hydrogens is 434 g/mol. The molecule has 0 fully saturated rings. The normalized spacial score (nSPS) is 11.7. The molecule has 2 N–H and O–H groups in total. The summed E-state index contributed by atoms with van der Waals surface area (Å²) in [5.74, 6) is 0. The molecule has 5 aromatic rings. The largest absolute Gasteiger partial charge is 0.369 e. The SMILES string of the molecule is CCCCN(CCCC)c1c2[nH]c3ccccc3c(=O)c2cc2[nH]c3c(CC)cccc3c(=O)c12. The standard InChI is InChI=1S/C30H33N3O2/c1-4-7-16-33(17-8-5-2)28-25-24(32-26-19(6-3)12-11-14-21(26)30(25)35)18-22-27(28)31-23-15-10-9-13-20(23)29(22)34/h9-15,18H,4-8,16-17H2,1-3H3,(H,31,34)(H,32,35). The molecular formula is C30H33N3O2. The third-order valence-corrected chi connectivity index (χ3v) is 7.12. The molecule has 5 heteroatoms. The van der Waals surface area contributed by atoms with E-state index in [0.717, 1.165) is 78.5 Å². The van der Waals surface area contributed by atoms with Gasteiger partial charge in [-0.15, -0.1) is 0 Å². The van der Waals surface area contributed by atoms with Gasteiger partial charge in [-0.1, -0.05) is 57.9 Å². The Kier molecular flexibility index (Phi) is 6.33. The van der Waals surface area contributed by atoms with Crippen LogP contribution in [0, 0.1) is 0 Å². The molecule has 0 saturated heterocycles. The monoisotopic (exact) mass is 467 g/mol. The van der Waals surface area contributed by atoms with Gasteiger partial charge in [0.1, 0.15) is 0 Å². The molecule has 180 valence electrons. The lowest BCUT2D eigenvalue weighted by Gasteiger charge is -2.27. The molecule has 5 rings (SSSR count). The van der Waals surface area contributed by atoms with Crippen LogP contribution in [0.2, 0.25) is 0 Å². The minimum atomic E-state index is -0.00634. The molecule has 0 bridgehead atoms. The van der Waals surface area contributed by atoms with Crippen molar-refractivity contribution >= 4 is 49.3 Å². The highest BCUT2D eigenvalue weighted by molar-refractivity contribution is 6.13. The highest BCUT2D eigenvalue weighted by Gasteiger charge is 2.21. The topological polar surface area (TPSA) is 69.0 Å². The Morgan fingerprint density at radius 2 is 1.40 bits per heavy atom. The Balaban J connectivity index is 1.99. The van der Waals surface area contributed by atoms with Gasteiger partial charge in [-0.3, -0.25) is 9.59 Å². The zero-order valence-corrected chi connectivity index (χ0v) is 20.8. The summed E-state index contributed by atoms with van der Waals surface area (Å²) in [5, 5.41) is 2.65. The van der Waals surface area contributed by atoms with Crippen molar-refractivity contribution < 1.29 is 0 Å². The van der Waals surface area contributed by atoms with Crippen molar-refractivity contribution in [3.05, 3.63) is 74.5 Å². The smallest absolute Gasteiger partial charge is 0.199 e. The Labute approximate surface area is 204 Å². The second-order valence-electron chi connectivity index (χ2n) is 9.41. The van der Waals surface area contributed by atoms with Gasteiger partial charge in [-0.25, -0.2) is 0 Å². The number of fused-ring (bicyclic) bond motifs is 4. The van der Waals surface area contributed by atoms with E-state index in [1.54, 1.807) is 0 Å². The first-order chi connectivity index (χ1) is 17.1. The number of anilines is 1. The predicted octanol–water partition coefficient (Wildman–Crippen LogP) is 6.65. The first-order valence-electron chi connectivity index (χ1n) is 12.9. The molecule has 2 heterocycles. The van der Waals surface area contributed by atoms with E-state index in [1.807, 2.05) is 42.5 Å². The number of aryl methyl sites for hydroxylation is 1. The molecule has 35 heavy (non-hydrogen) atoms. The minimum absolute atomic E-state index is 0.00634. The average Bonchev–Trinajstić information content (AvgIpc) is 2.88. The van der Waals surface area contributed by atoms with E-state index < -0.39 is 0 Å². The van der Waals surface area contributed by atoms with Crippen molar-refractivity contribution in [3.63, 3.8) is 0 Å². The summed E-state index contributed by atoms with van der Waals surface area (Å²) in [6.45, 7) is 8.14. The maximum absolute atomic E-state index is 14.1. The number of rotatable bonds is 8. The lowest BCUT2D eigenvalue weighted by molar-refractivity contribution is 0.680. The van der Waals surface area contributed by atoms with Crippen LogP contribution in [0.3, 0.4) is 0 Å². The van der Waals surface area contributed by atoms with Crippen LogP contribution in [-0.4, -0.2) is 23.1 Å². The van der Waals surface area contributed by atoms with Gasteiger partial charge in [0.25, 0.3) is 0 Å². The van der Waals surface area contributed by atoms with Crippen molar-refractivity contribution in [1.82, 2.24) is 9.97 Å². The number of para-hydroxylation sites is 2. The summed E-state index contributed by atoms with van der Waals surface area (Å²) in [5.41, 5.74) is 5.11. The van der Waals surface area contributed by atoms with Crippen LogP contribution >= 0.6 is 0 Å². The van der Waals surface area contributed by atoms with Gasteiger partial charge in [-0.2, -0.15) is 0 Å². The van der Waals surface area contributed by atoms with Crippen molar-refractivity contribution in [3.8, 4) is 0 Å². The highest BCUT2D eigenvalue weighted by atomic mass is 16.1. The first kappa shape index (κ1) is 23.2. The van der Waals surface area contributed by atoms with E-state index in [-0.39, 0.29) is 10.9 Å². The number of hydrogen-bond donors (Lipinski definition) is 2. The molecule has 0 aliphatic rings. The van der Waals surface area contributed by atoms with Crippen LogP contribution in [0.15, 0.2) is 58.1 Å². The lowest BCUT2D eigenvalue weighted by Crippen LogP contribution is -2.28. The van der Waals surface area contributed by atoms with Gasteiger partial charge < -0.3 is 14.9 Å².